The summed E-state index contributed by atoms with van der Waals surface area (Å²) in [5.74, 6) is -0.439. The summed E-state index contributed by atoms with van der Waals surface area (Å²) in [7, 11) is 0. The van der Waals surface area contributed by atoms with Crippen molar-refractivity contribution in [3.05, 3.63) is 56.5 Å². The predicted molar refractivity (Wildman–Crippen MR) is 88.4 cm³/mol. The molecule has 0 fully saturated rings. The molecule has 1 aliphatic heterocycles. The number of quaternary nitrogens is 1. The lowest BCUT2D eigenvalue weighted by Gasteiger charge is -2.12. The molecule has 0 spiro atoms. The predicted octanol–water partition coefficient (Wildman–Crippen LogP) is 0.560. The van der Waals surface area contributed by atoms with Gasteiger partial charge in [-0.05, 0) is 19.1 Å². The summed E-state index contributed by atoms with van der Waals surface area (Å²) in [4.78, 5) is 25.5. The highest BCUT2D eigenvalue weighted by Gasteiger charge is 2.47. The van der Waals surface area contributed by atoms with E-state index in [-0.39, 0.29) is 43.5 Å². The minimum Gasteiger partial charge on any atom is -1.00 e. The van der Waals surface area contributed by atoms with Crippen LogP contribution in [0.3, 0.4) is 0 Å². The summed E-state index contributed by atoms with van der Waals surface area (Å²) in [6, 6.07) is 8.25. The molecule has 3 rings (SSSR count). The number of halogens is 4. The first-order valence-corrected chi connectivity index (χ1v) is 7.96. The van der Waals surface area contributed by atoms with Gasteiger partial charge in [0, 0.05) is 6.07 Å². The monoisotopic (exact) mass is 405 g/mol. The highest BCUT2D eigenvalue weighted by molar-refractivity contribution is 6.50. The van der Waals surface area contributed by atoms with Crippen LogP contribution in [-0.4, -0.2) is 18.4 Å². The first-order valence-electron chi connectivity index (χ1n) is 6.83. The summed E-state index contributed by atoms with van der Waals surface area (Å²) in [6.07, 6.45) is 0. The van der Waals surface area contributed by atoms with Crippen LogP contribution in [0.25, 0.3) is 0 Å². The van der Waals surface area contributed by atoms with Crippen molar-refractivity contribution in [1.82, 2.24) is 0 Å². The fourth-order valence-electron chi connectivity index (χ4n) is 2.56. The normalized spacial score (nSPS) is 15.9. The molecule has 1 aliphatic rings. The number of carbonyl (C=O) groups excluding carboxylic acids is 2. The first-order chi connectivity index (χ1) is 11.0. The number of carbonyl (C=O) groups is 2. The van der Waals surface area contributed by atoms with Crippen molar-refractivity contribution >= 4 is 52.3 Å². The molecule has 0 radical (unpaired) electrons. The molecule has 126 valence electrons. The molecule has 2 aromatic rings. The van der Waals surface area contributed by atoms with Gasteiger partial charge in [-0.25, -0.2) is 9.59 Å². The number of nitrogens with one attached hydrogen (secondary N) is 1. The number of hydrogen-bond acceptors (Lipinski definition) is 3. The van der Waals surface area contributed by atoms with Gasteiger partial charge in [-0.15, -0.1) is 0 Å². The molecular formula is C16H11Cl4NO3. The maximum Gasteiger partial charge on any atom is 0.359 e. The minimum atomic E-state index is -0.472. The van der Waals surface area contributed by atoms with E-state index in [0.29, 0.717) is 18.0 Å². The van der Waals surface area contributed by atoms with Crippen LogP contribution < -0.4 is 22.0 Å². The van der Waals surface area contributed by atoms with Crippen molar-refractivity contribution in [2.75, 3.05) is 6.61 Å². The van der Waals surface area contributed by atoms with Crippen molar-refractivity contribution in [1.29, 1.82) is 0 Å². The van der Waals surface area contributed by atoms with E-state index in [1.54, 1.807) is 24.3 Å². The van der Waals surface area contributed by atoms with E-state index in [1.807, 2.05) is 6.92 Å². The van der Waals surface area contributed by atoms with Crippen LogP contribution in [0, 0.1) is 0 Å². The number of para-hydroxylation sites is 2. The summed E-state index contributed by atoms with van der Waals surface area (Å²) >= 11 is 18.1. The Morgan fingerprint density at radius 2 is 1.71 bits per heavy atom. The third kappa shape index (κ3) is 2.89. The molecule has 0 saturated carbocycles. The highest BCUT2D eigenvalue weighted by atomic mass is 35.5. The Bertz CT molecular complexity index is 838. The Morgan fingerprint density at radius 1 is 1.04 bits per heavy atom. The summed E-state index contributed by atoms with van der Waals surface area (Å²) < 4.78 is 5.51. The fourth-order valence-corrected chi connectivity index (χ4v) is 3.25. The number of rotatable bonds is 3. The Morgan fingerprint density at radius 3 is 2.38 bits per heavy atom. The van der Waals surface area contributed by atoms with E-state index in [0.717, 1.165) is 0 Å². The van der Waals surface area contributed by atoms with Gasteiger partial charge in [0.25, 0.3) is 0 Å². The molecule has 0 saturated heterocycles. The van der Waals surface area contributed by atoms with Gasteiger partial charge in [0.15, 0.2) is 11.4 Å². The van der Waals surface area contributed by atoms with E-state index in [9.17, 15) is 9.59 Å². The van der Waals surface area contributed by atoms with Gasteiger partial charge in [0.05, 0.1) is 21.7 Å². The van der Waals surface area contributed by atoms with Crippen LogP contribution in [0.15, 0.2) is 30.3 Å². The van der Waals surface area contributed by atoms with E-state index < -0.39 is 11.8 Å². The zero-order valence-corrected chi connectivity index (χ0v) is 15.4. The Kier molecular flexibility index (Phi) is 5.78. The second kappa shape index (κ2) is 7.30. The molecule has 8 heteroatoms. The number of ether oxygens (including phenoxy) is 1. The van der Waals surface area contributed by atoms with Gasteiger partial charge < -0.3 is 17.1 Å². The molecule has 0 aliphatic carbocycles. The maximum absolute atomic E-state index is 12.7. The van der Waals surface area contributed by atoms with E-state index >= 15 is 0 Å². The van der Waals surface area contributed by atoms with Crippen LogP contribution in [0.5, 0.6) is 5.75 Å². The molecular weight excluding hydrogens is 396 g/mol. The molecule has 1 heterocycles. The SMILES string of the molecule is CCOc1ccccc1[NH+]1C(=O)c2cc(Cl)c(Cl)c(Cl)c2C1=O.[Cl-]. The molecule has 1 unspecified atom stereocenters. The number of amides is 2. The molecule has 1 atom stereocenters. The van der Waals surface area contributed by atoms with Crippen LogP contribution in [0.4, 0.5) is 5.69 Å². The van der Waals surface area contributed by atoms with Crippen molar-refractivity contribution in [3.63, 3.8) is 0 Å². The highest BCUT2D eigenvalue weighted by Crippen LogP contribution is 2.37. The molecule has 24 heavy (non-hydrogen) atoms. The molecule has 4 nitrogen and oxygen atoms in total. The number of imide groups is 1. The van der Waals surface area contributed by atoms with Gasteiger partial charge in [-0.1, -0.05) is 46.9 Å². The zero-order chi connectivity index (χ0) is 16.7. The van der Waals surface area contributed by atoms with E-state index in [4.69, 9.17) is 39.5 Å². The topological polar surface area (TPSA) is 47.8 Å². The smallest absolute Gasteiger partial charge is 0.359 e. The standard InChI is InChI=1S/C16H10Cl3NO3.ClH/c1-2-23-11-6-4-3-5-10(11)20-15(21)8-7-9(17)13(18)14(19)12(8)16(20)22;/h3-7H,2H2,1H3;1H. The average molecular weight is 407 g/mol. The van der Waals surface area contributed by atoms with Crippen molar-refractivity contribution in [2.24, 2.45) is 0 Å². The molecule has 2 aromatic carbocycles. The third-order valence-corrected chi connectivity index (χ3v) is 4.81. The van der Waals surface area contributed by atoms with E-state index in [2.05, 4.69) is 0 Å². The molecule has 0 aromatic heterocycles. The second-order valence-electron chi connectivity index (χ2n) is 4.87. The Hall–Kier alpha value is -1.30. The van der Waals surface area contributed by atoms with Gasteiger partial charge in [-0.3, -0.25) is 0 Å². The molecule has 0 bridgehead atoms. The van der Waals surface area contributed by atoms with Gasteiger partial charge in [-0.2, -0.15) is 4.90 Å². The van der Waals surface area contributed by atoms with Gasteiger partial charge in [0.1, 0.15) is 11.1 Å². The number of fused-ring (bicyclic) bond motifs is 1. The lowest BCUT2D eigenvalue weighted by atomic mass is 10.1. The molecule has 1 N–H and O–H groups in total. The second-order valence-corrected chi connectivity index (χ2v) is 6.03. The van der Waals surface area contributed by atoms with Gasteiger partial charge in [0.2, 0.25) is 0 Å². The molecule has 2 amide bonds. The fraction of sp³-hybridized carbons (Fsp3) is 0.125. The van der Waals surface area contributed by atoms with Crippen LogP contribution in [-0.2, 0) is 0 Å². The lowest BCUT2D eigenvalue weighted by Crippen LogP contribution is -3.10. The third-order valence-electron chi connectivity index (χ3n) is 3.54. The summed E-state index contributed by atoms with van der Waals surface area (Å²) in [5, 5.41) is 0.194. The van der Waals surface area contributed by atoms with E-state index in [1.165, 1.54) is 6.07 Å². The summed E-state index contributed by atoms with van der Waals surface area (Å²) in [6.45, 7) is 2.24. The summed E-state index contributed by atoms with van der Waals surface area (Å²) in [5.41, 5.74) is 0.687. The maximum atomic E-state index is 12.7. The quantitative estimate of drug-likeness (QED) is 0.598. The Labute approximate surface area is 159 Å². The van der Waals surface area contributed by atoms with Crippen LogP contribution in [0.2, 0.25) is 15.1 Å². The zero-order valence-electron chi connectivity index (χ0n) is 12.3. The number of benzene rings is 2. The largest absolute Gasteiger partial charge is 1.00 e. The van der Waals surface area contributed by atoms with Crippen molar-refractivity contribution in [2.45, 2.75) is 6.92 Å². The lowest BCUT2D eigenvalue weighted by molar-refractivity contribution is -0.641. The van der Waals surface area contributed by atoms with Crippen LogP contribution in [0.1, 0.15) is 27.6 Å². The van der Waals surface area contributed by atoms with Crippen molar-refractivity contribution < 1.29 is 31.6 Å². The van der Waals surface area contributed by atoms with Crippen LogP contribution >= 0.6 is 34.8 Å². The average Bonchev–Trinajstić information content (AvgIpc) is 2.77. The van der Waals surface area contributed by atoms with Gasteiger partial charge >= 0.3 is 11.8 Å². The van der Waals surface area contributed by atoms with Crippen molar-refractivity contribution in [3.8, 4) is 5.75 Å². The minimum absolute atomic E-state index is 0. The number of hydrogen-bond donors (Lipinski definition) is 1. The first kappa shape index (κ1) is 19.0. The Balaban J connectivity index is 0.00000208.